The zero-order chi connectivity index (χ0) is 18.4. The number of aldehydes is 1. The standard InChI is InChI=1S/C20H23NO3S/c1-16(2)14-21(13-5-8-18-6-4-7-19(18)15-22)25(23,24)20-11-9-17(3)10-12-20/h9-12,15H,1,4,6-7,13-14H2,2-3H3. The smallest absolute Gasteiger partial charge is 0.244 e. The van der Waals surface area contributed by atoms with E-state index in [1.807, 2.05) is 6.92 Å². The lowest BCUT2D eigenvalue weighted by Gasteiger charge is -2.20. The maximum atomic E-state index is 12.9. The molecule has 0 saturated carbocycles. The van der Waals surface area contributed by atoms with Gasteiger partial charge >= 0.3 is 0 Å². The third-order valence-electron chi connectivity index (χ3n) is 4.00. The summed E-state index contributed by atoms with van der Waals surface area (Å²) in [7, 11) is -3.64. The Bertz CT molecular complexity index is 852. The summed E-state index contributed by atoms with van der Waals surface area (Å²) in [4.78, 5) is 11.2. The molecule has 0 spiro atoms. The molecular formula is C20H23NO3S. The first-order valence-corrected chi connectivity index (χ1v) is 9.66. The van der Waals surface area contributed by atoms with Crippen molar-refractivity contribution in [3.05, 3.63) is 53.1 Å². The van der Waals surface area contributed by atoms with Crippen molar-refractivity contribution in [2.45, 2.75) is 38.0 Å². The summed E-state index contributed by atoms with van der Waals surface area (Å²) in [6.07, 6.45) is 3.32. The molecule has 0 atom stereocenters. The van der Waals surface area contributed by atoms with Gasteiger partial charge in [0.15, 0.2) is 0 Å². The van der Waals surface area contributed by atoms with E-state index in [0.717, 1.165) is 47.8 Å². The van der Waals surface area contributed by atoms with Gasteiger partial charge in [0.1, 0.15) is 6.29 Å². The van der Waals surface area contributed by atoms with Crippen LogP contribution in [0.2, 0.25) is 0 Å². The third kappa shape index (κ3) is 4.91. The Kier molecular flexibility index (Phi) is 6.35. The van der Waals surface area contributed by atoms with Gasteiger partial charge in [-0.1, -0.05) is 41.7 Å². The highest BCUT2D eigenvalue weighted by Crippen LogP contribution is 2.23. The molecule has 0 radical (unpaired) electrons. The molecule has 25 heavy (non-hydrogen) atoms. The number of aryl methyl sites for hydroxylation is 1. The minimum absolute atomic E-state index is 0.0682. The van der Waals surface area contributed by atoms with Gasteiger partial charge in [-0.3, -0.25) is 4.79 Å². The average Bonchev–Trinajstić information content (AvgIpc) is 3.01. The highest BCUT2D eigenvalue weighted by Gasteiger charge is 2.23. The van der Waals surface area contributed by atoms with Gasteiger partial charge in [0, 0.05) is 17.7 Å². The van der Waals surface area contributed by atoms with E-state index in [1.165, 1.54) is 4.31 Å². The Labute approximate surface area is 150 Å². The number of carbonyl (C=O) groups excluding carboxylic acids is 1. The Morgan fingerprint density at radius 2 is 1.96 bits per heavy atom. The minimum Gasteiger partial charge on any atom is -0.298 e. The molecule has 1 aliphatic rings. The number of allylic oxidation sites excluding steroid dienone is 2. The number of carbonyl (C=O) groups is 1. The van der Waals surface area contributed by atoms with Crippen molar-refractivity contribution in [1.82, 2.24) is 4.31 Å². The normalized spacial score (nSPS) is 14.4. The zero-order valence-corrected chi connectivity index (χ0v) is 15.5. The van der Waals surface area contributed by atoms with Crippen LogP contribution < -0.4 is 0 Å². The van der Waals surface area contributed by atoms with E-state index in [9.17, 15) is 13.2 Å². The fraction of sp³-hybridized carbons (Fsp3) is 0.350. The van der Waals surface area contributed by atoms with Crippen LogP contribution in [0.5, 0.6) is 0 Å². The van der Waals surface area contributed by atoms with Crippen LogP contribution >= 0.6 is 0 Å². The van der Waals surface area contributed by atoms with Gasteiger partial charge in [-0.2, -0.15) is 4.31 Å². The van der Waals surface area contributed by atoms with Crippen LogP contribution in [0.3, 0.4) is 0 Å². The second-order valence-electron chi connectivity index (χ2n) is 6.32. The monoisotopic (exact) mass is 357 g/mol. The first-order valence-electron chi connectivity index (χ1n) is 8.22. The predicted molar refractivity (Wildman–Crippen MR) is 99.5 cm³/mol. The summed E-state index contributed by atoms with van der Waals surface area (Å²) in [5.74, 6) is 5.90. The molecule has 0 bridgehead atoms. The topological polar surface area (TPSA) is 54.5 Å². The zero-order valence-electron chi connectivity index (χ0n) is 14.7. The molecule has 4 nitrogen and oxygen atoms in total. The number of benzene rings is 1. The fourth-order valence-electron chi connectivity index (χ4n) is 2.66. The number of hydrogen-bond donors (Lipinski definition) is 0. The van der Waals surface area contributed by atoms with Gasteiger partial charge in [0.2, 0.25) is 10.0 Å². The number of hydrogen-bond acceptors (Lipinski definition) is 3. The van der Waals surface area contributed by atoms with Crippen molar-refractivity contribution < 1.29 is 13.2 Å². The lowest BCUT2D eigenvalue weighted by atomic mass is 10.2. The molecule has 0 N–H and O–H groups in total. The molecule has 2 rings (SSSR count). The quantitative estimate of drug-likeness (QED) is 0.446. The average molecular weight is 357 g/mol. The van der Waals surface area contributed by atoms with Gasteiger partial charge in [0.25, 0.3) is 0 Å². The summed E-state index contributed by atoms with van der Waals surface area (Å²) < 4.78 is 27.1. The highest BCUT2D eigenvalue weighted by molar-refractivity contribution is 7.89. The first-order chi connectivity index (χ1) is 11.8. The molecule has 0 saturated heterocycles. The number of sulfonamides is 1. The van der Waals surface area contributed by atoms with Crippen molar-refractivity contribution in [3.8, 4) is 11.8 Å². The Morgan fingerprint density at radius 3 is 2.56 bits per heavy atom. The van der Waals surface area contributed by atoms with E-state index in [4.69, 9.17) is 0 Å². The first kappa shape index (κ1) is 19.2. The van der Waals surface area contributed by atoms with Crippen molar-refractivity contribution in [2.24, 2.45) is 0 Å². The predicted octanol–water partition coefficient (Wildman–Crippen LogP) is 3.24. The maximum absolute atomic E-state index is 12.9. The molecule has 1 aromatic rings. The Balaban J connectivity index is 2.26. The van der Waals surface area contributed by atoms with Gasteiger partial charge in [-0.05, 0) is 45.2 Å². The fourth-order valence-corrected chi connectivity index (χ4v) is 4.06. The molecule has 0 aromatic heterocycles. The summed E-state index contributed by atoms with van der Waals surface area (Å²) in [6, 6.07) is 6.76. The lowest BCUT2D eigenvalue weighted by molar-refractivity contribution is -0.105. The molecular weight excluding hydrogens is 334 g/mol. The molecule has 0 heterocycles. The van der Waals surface area contributed by atoms with Gasteiger partial charge in [-0.15, -0.1) is 0 Å². The minimum atomic E-state index is -3.64. The molecule has 1 aliphatic carbocycles. The SMILES string of the molecule is C=C(C)CN(CC#CC1=C(C=O)CCC1)S(=O)(=O)c1ccc(C)cc1. The van der Waals surface area contributed by atoms with Gasteiger partial charge in [0.05, 0.1) is 11.4 Å². The number of rotatable bonds is 6. The second-order valence-corrected chi connectivity index (χ2v) is 8.26. The van der Waals surface area contributed by atoms with Crippen LogP contribution in [0, 0.1) is 18.8 Å². The summed E-state index contributed by atoms with van der Waals surface area (Å²) in [5, 5.41) is 0. The van der Waals surface area contributed by atoms with Crippen LogP contribution in [-0.4, -0.2) is 32.1 Å². The van der Waals surface area contributed by atoms with E-state index in [1.54, 1.807) is 31.2 Å². The maximum Gasteiger partial charge on any atom is 0.244 e. The Hall–Kier alpha value is -2.16. The molecule has 0 unspecified atom stereocenters. The molecule has 0 amide bonds. The van der Waals surface area contributed by atoms with Crippen molar-refractivity contribution in [2.75, 3.05) is 13.1 Å². The largest absolute Gasteiger partial charge is 0.298 e. The molecule has 0 fully saturated rings. The van der Waals surface area contributed by atoms with E-state index < -0.39 is 10.0 Å². The van der Waals surface area contributed by atoms with Crippen LogP contribution in [0.4, 0.5) is 0 Å². The summed E-state index contributed by atoms with van der Waals surface area (Å²) in [6.45, 7) is 7.80. The van der Waals surface area contributed by atoms with Crippen LogP contribution in [0.15, 0.2) is 52.5 Å². The summed E-state index contributed by atoms with van der Waals surface area (Å²) >= 11 is 0. The Morgan fingerprint density at radius 1 is 1.28 bits per heavy atom. The molecule has 0 aliphatic heterocycles. The number of nitrogens with zero attached hydrogens (tertiary/aromatic N) is 1. The van der Waals surface area contributed by atoms with Gasteiger partial charge in [-0.25, -0.2) is 8.42 Å². The summed E-state index contributed by atoms with van der Waals surface area (Å²) in [5.41, 5.74) is 3.31. The third-order valence-corrected chi connectivity index (χ3v) is 5.81. The van der Waals surface area contributed by atoms with Crippen molar-refractivity contribution in [3.63, 3.8) is 0 Å². The van der Waals surface area contributed by atoms with E-state index >= 15 is 0 Å². The van der Waals surface area contributed by atoms with Crippen molar-refractivity contribution >= 4 is 16.3 Å². The molecule has 5 heteroatoms. The van der Waals surface area contributed by atoms with Gasteiger partial charge < -0.3 is 0 Å². The van der Waals surface area contributed by atoms with Crippen LogP contribution in [0.1, 0.15) is 31.7 Å². The van der Waals surface area contributed by atoms with Crippen molar-refractivity contribution in [1.29, 1.82) is 0 Å². The van der Waals surface area contributed by atoms with E-state index in [-0.39, 0.29) is 18.0 Å². The molecule has 132 valence electrons. The van der Waals surface area contributed by atoms with Crippen LogP contribution in [-0.2, 0) is 14.8 Å². The van der Waals surface area contributed by atoms with E-state index in [0.29, 0.717) is 0 Å². The lowest BCUT2D eigenvalue weighted by Crippen LogP contribution is -2.32. The second kappa shape index (κ2) is 8.28. The highest BCUT2D eigenvalue weighted by atomic mass is 32.2. The van der Waals surface area contributed by atoms with E-state index in [2.05, 4.69) is 18.4 Å². The van der Waals surface area contributed by atoms with Crippen LogP contribution in [0.25, 0.3) is 0 Å². The molecule has 1 aromatic carbocycles.